The number of piperazine rings is 1. The Hall–Kier alpha value is -3.24. The van der Waals surface area contributed by atoms with E-state index in [2.05, 4.69) is 11.0 Å². The Morgan fingerprint density at radius 1 is 0.966 bits per heavy atom. The minimum absolute atomic E-state index is 0.0999. The molecule has 0 aliphatic carbocycles. The second kappa shape index (κ2) is 9.30. The summed E-state index contributed by atoms with van der Waals surface area (Å²) in [4.78, 5) is 16.9. The molecule has 2 aromatic rings. The lowest BCUT2D eigenvalue weighted by Gasteiger charge is -2.37. The highest BCUT2D eigenvalue weighted by molar-refractivity contribution is 5.95. The molecule has 0 saturated carbocycles. The minimum Gasteiger partial charge on any atom is -0.493 e. The second-order valence-corrected chi connectivity index (χ2v) is 6.68. The van der Waals surface area contributed by atoms with Gasteiger partial charge in [-0.1, -0.05) is 30.3 Å². The van der Waals surface area contributed by atoms with E-state index in [0.717, 1.165) is 5.56 Å². The lowest BCUT2D eigenvalue weighted by Crippen LogP contribution is -2.49. The molecule has 7 nitrogen and oxygen atoms in total. The fourth-order valence-corrected chi connectivity index (χ4v) is 3.57. The van der Waals surface area contributed by atoms with Crippen molar-refractivity contribution >= 4 is 5.91 Å². The van der Waals surface area contributed by atoms with Gasteiger partial charge in [-0.25, -0.2) is 0 Å². The van der Waals surface area contributed by atoms with Gasteiger partial charge >= 0.3 is 0 Å². The minimum atomic E-state index is -0.311. The Labute approximate surface area is 171 Å². The molecule has 0 aromatic heterocycles. The number of nitrogens with zero attached hydrogens (tertiary/aromatic N) is 3. The van der Waals surface area contributed by atoms with Crippen molar-refractivity contribution in [1.82, 2.24) is 9.80 Å². The topological polar surface area (TPSA) is 75.0 Å². The summed E-state index contributed by atoms with van der Waals surface area (Å²) < 4.78 is 16.0. The molecular formula is C22H25N3O4. The van der Waals surface area contributed by atoms with Crippen LogP contribution in [0.1, 0.15) is 22.0 Å². The van der Waals surface area contributed by atoms with Gasteiger partial charge in [-0.3, -0.25) is 9.69 Å². The zero-order chi connectivity index (χ0) is 20.8. The molecule has 1 aliphatic rings. The fourth-order valence-electron chi connectivity index (χ4n) is 3.57. The molecule has 1 atom stereocenters. The lowest BCUT2D eigenvalue weighted by molar-refractivity contribution is 0.0605. The maximum Gasteiger partial charge on any atom is 0.254 e. The Morgan fingerprint density at radius 3 is 2.03 bits per heavy atom. The van der Waals surface area contributed by atoms with Crippen LogP contribution >= 0.6 is 0 Å². The molecule has 0 N–H and O–H groups in total. The third-order valence-corrected chi connectivity index (χ3v) is 5.12. The Bertz CT molecular complexity index is 862. The van der Waals surface area contributed by atoms with E-state index in [9.17, 15) is 10.1 Å². The predicted octanol–water partition coefficient (Wildman–Crippen LogP) is 2.74. The van der Waals surface area contributed by atoms with Crippen molar-refractivity contribution in [3.8, 4) is 23.3 Å². The van der Waals surface area contributed by atoms with E-state index >= 15 is 0 Å². The molecule has 0 bridgehead atoms. The van der Waals surface area contributed by atoms with Crippen LogP contribution in [0.3, 0.4) is 0 Å². The number of carbonyl (C=O) groups excluding carboxylic acids is 1. The summed E-state index contributed by atoms with van der Waals surface area (Å²) in [5, 5.41) is 9.64. The molecule has 1 saturated heterocycles. The zero-order valence-electron chi connectivity index (χ0n) is 16.9. The van der Waals surface area contributed by atoms with E-state index < -0.39 is 0 Å². The highest BCUT2D eigenvalue weighted by atomic mass is 16.5. The van der Waals surface area contributed by atoms with E-state index in [0.29, 0.717) is 49.0 Å². The van der Waals surface area contributed by atoms with Crippen molar-refractivity contribution < 1.29 is 19.0 Å². The highest BCUT2D eigenvalue weighted by Crippen LogP contribution is 2.38. The molecule has 152 valence electrons. The van der Waals surface area contributed by atoms with E-state index in [1.165, 1.54) is 21.3 Å². The van der Waals surface area contributed by atoms with E-state index in [4.69, 9.17) is 14.2 Å². The summed E-state index contributed by atoms with van der Waals surface area (Å²) in [6.45, 7) is 2.34. The van der Waals surface area contributed by atoms with Gasteiger partial charge in [0.15, 0.2) is 11.5 Å². The van der Waals surface area contributed by atoms with Crippen LogP contribution in [-0.4, -0.2) is 63.2 Å². The van der Waals surface area contributed by atoms with Gasteiger partial charge in [0.05, 0.1) is 27.4 Å². The van der Waals surface area contributed by atoms with E-state index in [1.807, 2.05) is 30.3 Å². The van der Waals surface area contributed by atoms with E-state index in [-0.39, 0.29) is 11.9 Å². The number of hydrogen-bond donors (Lipinski definition) is 0. The first kappa shape index (κ1) is 20.5. The normalized spacial score (nSPS) is 15.3. The van der Waals surface area contributed by atoms with Gasteiger partial charge in [-0.2, -0.15) is 5.26 Å². The third-order valence-electron chi connectivity index (χ3n) is 5.12. The van der Waals surface area contributed by atoms with Crippen LogP contribution in [0.2, 0.25) is 0 Å². The van der Waals surface area contributed by atoms with Crippen molar-refractivity contribution in [3.05, 3.63) is 53.6 Å². The van der Waals surface area contributed by atoms with Crippen LogP contribution in [0.4, 0.5) is 0 Å². The number of carbonyl (C=O) groups is 1. The first-order valence-electron chi connectivity index (χ1n) is 9.40. The van der Waals surface area contributed by atoms with E-state index in [1.54, 1.807) is 17.0 Å². The number of nitriles is 1. The lowest BCUT2D eigenvalue weighted by atomic mass is 10.1. The molecule has 1 aliphatic heterocycles. The average molecular weight is 395 g/mol. The van der Waals surface area contributed by atoms with Gasteiger partial charge in [0.1, 0.15) is 6.04 Å². The van der Waals surface area contributed by atoms with Crippen molar-refractivity contribution in [3.63, 3.8) is 0 Å². The summed E-state index contributed by atoms with van der Waals surface area (Å²) >= 11 is 0. The third kappa shape index (κ3) is 4.28. The van der Waals surface area contributed by atoms with Gasteiger partial charge in [0, 0.05) is 31.7 Å². The molecule has 3 rings (SSSR count). The highest BCUT2D eigenvalue weighted by Gasteiger charge is 2.28. The number of amides is 1. The quantitative estimate of drug-likeness (QED) is 0.749. The van der Waals surface area contributed by atoms with Crippen LogP contribution in [0.15, 0.2) is 42.5 Å². The van der Waals surface area contributed by atoms with Gasteiger partial charge in [-0.05, 0) is 17.7 Å². The van der Waals surface area contributed by atoms with Gasteiger partial charge in [0.25, 0.3) is 5.91 Å². The SMILES string of the molecule is COc1cc(C(=O)N2CCN([C@H](C#N)c3ccccc3)CC2)cc(OC)c1OC. The first-order chi connectivity index (χ1) is 14.1. The van der Waals surface area contributed by atoms with Crippen LogP contribution in [-0.2, 0) is 0 Å². The predicted molar refractivity (Wildman–Crippen MR) is 108 cm³/mol. The average Bonchev–Trinajstić information content (AvgIpc) is 2.79. The maximum atomic E-state index is 13.0. The van der Waals surface area contributed by atoms with Crippen LogP contribution in [0.5, 0.6) is 17.2 Å². The second-order valence-electron chi connectivity index (χ2n) is 6.68. The van der Waals surface area contributed by atoms with Crippen LogP contribution < -0.4 is 14.2 Å². The molecule has 7 heteroatoms. The molecule has 1 fully saturated rings. The molecule has 2 aromatic carbocycles. The number of hydrogen-bond acceptors (Lipinski definition) is 6. The summed E-state index contributed by atoms with van der Waals surface area (Å²) in [6.07, 6.45) is 0. The summed E-state index contributed by atoms with van der Waals surface area (Å²) in [6, 6.07) is 15.1. The van der Waals surface area contributed by atoms with Gasteiger partial charge in [-0.15, -0.1) is 0 Å². The summed E-state index contributed by atoms with van der Waals surface area (Å²) in [5.74, 6) is 1.25. The molecule has 29 heavy (non-hydrogen) atoms. The van der Waals surface area contributed by atoms with Gasteiger partial charge < -0.3 is 19.1 Å². The maximum absolute atomic E-state index is 13.0. The van der Waals surface area contributed by atoms with Crippen molar-refractivity contribution in [2.24, 2.45) is 0 Å². The molecule has 0 spiro atoms. The van der Waals surface area contributed by atoms with Crippen LogP contribution in [0, 0.1) is 11.3 Å². The molecule has 1 amide bonds. The Morgan fingerprint density at radius 2 is 1.55 bits per heavy atom. The molecule has 0 unspecified atom stereocenters. The zero-order valence-corrected chi connectivity index (χ0v) is 16.9. The Balaban J connectivity index is 1.73. The number of methoxy groups -OCH3 is 3. The number of ether oxygens (including phenoxy) is 3. The molecular weight excluding hydrogens is 370 g/mol. The van der Waals surface area contributed by atoms with Crippen molar-refractivity contribution in [1.29, 1.82) is 5.26 Å². The fraction of sp³-hybridized carbons (Fsp3) is 0.364. The van der Waals surface area contributed by atoms with Crippen molar-refractivity contribution in [2.75, 3.05) is 47.5 Å². The molecule has 1 heterocycles. The Kier molecular flexibility index (Phi) is 6.57. The van der Waals surface area contributed by atoms with Gasteiger partial charge in [0.2, 0.25) is 5.75 Å². The summed E-state index contributed by atoms with van der Waals surface area (Å²) in [7, 11) is 4.57. The monoisotopic (exact) mass is 395 g/mol. The largest absolute Gasteiger partial charge is 0.493 e. The number of rotatable bonds is 6. The standard InChI is InChI=1S/C22H25N3O4/c1-27-19-13-17(14-20(28-2)21(19)29-3)22(26)25-11-9-24(10-12-25)18(15-23)16-7-5-4-6-8-16/h4-8,13-14,18H,9-12H2,1-3H3/t18-/m1/s1. The van der Waals surface area contributed by atoms with Crippen LogP contribution in [0.25, 0.3) is 0 Å². The summed E-state index contributed by atoms with van der Waals surface area (Å²) in [5.41, 5.74) is 1.45. The number of benzene rings is 2. The molecule has 0 radical (unpaired) electrons. The smallest absolute Gasteiger partial charge is 0.254 e. The van der Waals surface area contributed by atoms with Crippen molar-refractivity contribution in [2.45, 2.75) is 6.04 Å². The first-order valence-corrected chi connectivity index (χ1v) is 9.40.